The van der Waals surface area contributed by atoms with E-state index in [-0.39, 0.29) is 115 Å². The van der Waals surface area contributed by atoms with E-state index in [1.165, 1.54) is 72.8 Å². The van der Waals surface area contributed by atoms with Crippen molar-refractivity contribution in [2.75, 3.05) is 108 Å². The molecule has 1 aliphatic heterocycles. The maximum Gasteiger partial charge on any atom is 0.259 e. The molecule has 13 rings (SSSR count). The maximum atomic E-state index is 12.9. The number of carbonyl (C=O) groups is 4. The summed E-state index contributed by atoms with van der Waals surface area (Å²) in [6.45, 7) is 4.08. The number of amides is 4. The van der Waals surface area contributed by atoms with Crippen molar-refractivity contribution in [1.82, 2.24) is 79.7 Å². The van der Waals surface area contributed by atoms with Gasteiger partial charge >= 0.3 is 0 Å². The van der Waals surface area contributed by atoms with Crippen molar-refractivity contribution in [1.29, 1.82) is 0 Å². The van der Waals surface area contributed by atoms with Crippen molar-refractivity contribution in [2.45, 2.75) is 45.8 Å². The van der Waals surface area contributed by atoms with Crippen molar-refractivity contribution >= 4 is 157 Å². The molecule has 0 bridgehead atoms. The highest BCUT2D eigenvalue weighted by Crippen LogP contribution is 2.30. The van der Waals surface area contributed by atoms with Gasteiger partial charge in [-0.05, 0) is 148 Å². The quantitative estimate of drug-likeness (QED) is 0.0389. The van der Waals surface area contributed by atoms with Gasteiger partial charge in [0.05, 0.1) is 61.9 Å². The third-order valence-corrected chi connectivity index (χ3v) is 21.7. The first-order valence-electron chi connectivity index (χ1n) is 34.8. The second kappa shape index (κ2) is 39.0. The summed E-state index contributed by atoms with van der Waals surface area (Å²) >= 11 is 24.5. The van der Waals surface area contributed by atoms with Gasteiger partial charge in [-0.25, -0.2) is 33.7 Å². The molecule has 0 atom stereocenters. The van der Waals surface area contributed by atoms with Gasteiger partial charge in [0.15, 0.2) is 62.6 Å². The van der Waals surface area contributed by atoms with Crippen LogP contribution in [0, 0.1) is 0 Å². The first-order valence-corrected chi connectivity index (χ1v) is 43.9. The number of hydrogen-bond acceptors (Lipinski definition) is 32. The fraction of sp³-hybridized carbons (Fsp3) is 0.189. The van der Waals surface area contributed by atoms with Crippen molar-refractivity contribution < 1.29 is 52.8 Å². The lowest BCUT2D eigenvalue weighted by Crippen LogP contribution is -2.31. The van der Waals surface area contributed by atoms with E-state index < -0.39 is 63.0 Å². The number of sulfone groups is 4. The van der Waals surface area contributed by atoms with Crippen LogP contribution in [0.4, 0.5) is 47.6 Å². The molecule has 4 amide bonds. The molecule has 44 heteroatoms. The molecule has 8 aromatic heterocycles. The largest absolute Gasteiger partial charge is 0.357 e. The minimum Gasteiger partial charge on any atom is -0.357 e. The number of carbonyl (C=O) groups excluding carboxylic acids is 4. The molecule has 610 valence electrons. The van der Waals surface area contributed by atoms with E-state index in [1.807, 2.05) is 13.0 Å². The fourth-order valence-corrected chi connectivity index (χ4v) is 14.2. The number of rotatable bonds is 21. The molecule has 36 nitrogen and oxygen atoms in total. The average molecular weight is 1760 g/mol. The van der Waals surface area contributed by atoms with Crippen LogP contribution in [0.15, 0.2) is 190 Å². The third kappa shape index (κ3) is 24.1. The Bertz CT molecular complexity index is 6210. The van der Waals surface area contributed by atoms with Crippen molar-refractivity contribution in [3.8, 4) is 46.1 Å². The predicted octanol–water partition coefficient (Wildman–Crippen LogP) is 10.5. The minimum atomic E-state index is -3.44. The number of piperidine rings is 1. The molecule has 0 aliphatic carbocycles. The lowest BCUT2D eigenvalue weighted by Gasteiger charge is -2.26. The van der Waals surface area contributed by atoms with Crippen LogP contribution in [-0.2, 0) is 39.3 Å². The molecule has 118 heavy (non-hydrogen) atoms. The van der Waals surface area contributed by atoms with Crippen molar-refractivity contribution in [2.24, 2.45) is 0 Å². The van der Waals surface area contributed by atoms with Crippen LogP contribution < -0.4 is 41.7 Å². The topological polar surface area (TPSA) is 490 Å². The Hall–Kier alpha value is -12.4. The average Bonchev–Trinajstić information content (AvgIpc) is 0.820. The van der Waals surface area contributed by atoms with Crippen LogP contribution in [0.1, 0.15) is 67.6 Å². The molecule has 0 radical (unpaired) electrons. The number of nitrogens with one attached hydrogen (secondary N) is 6. The summed E-state index contributed by atoms with van der Waals surface area (Å²) in [5.41, 5.74) is 2.46. The Morgan fingerprint density at radius 2 is 0.669 bits per heavy atom. The molecule has 12 aromatic rings. The van der Waals surface area contributed by atoms with Gasteiger partial charge in [-0.2, -0.15) is 59.8 Å². The Balaban J connectivity index is 0.000000166. The van der Waals surface area contributed by atoms with Gasteiger partial charge < -0.3 is 20.4 Å². The molecular formula is C74H70Cl4N24O12S4. The SMILES string of the molecule is CCNc1nc(NC(=O)c2ccc(S(C)(=O)=O)cc2Cl)nc(-c2ccccn2)n1.CN(C)c1nc(NC(=O)c2ccc(S(C)(=O)=O)cc2Cl)nc(-c2ccccn2)n1.CNc1nc(NC(=O)c2ccc(S(C)(=O)=O)cc2Cl)nc(-c2ccccn2)n1.CS(=O)(=O)c1ccc(C(=O)Nc2nc(-c3ccccn3)nc(N3CCCCC3)n2)c(Cl)c1. The van der Waals surface area contributed by atoms with E-state index >= 15 is 0 Å². The fourth-order valence-electron chi connectivity index (χ4n) is 10.2. The molecule has 9 heterocycles. The maximum absolute atomic E-state index is 12.9. The Labute approximate surface area is 696 Å². The van der Waals surface area contributed by atoms with Crippen LogP contribution in [0.2, 0.25) is 20.1 Å². The summed E-state index contributed by atoms with van der Waals surface area (Å²) in [5.74, 6) is 0.249. The summed E-state index contributed by atoms with van der Waals surface area (Å²) in [5, 5.41) is 16.1. The second-order valence-electron chi connectivity index (χ2n) is 25.2. The summed E-state index contributed by atoms with van der Waals surface area (Å²) in [7, 11) is -8.62. The molecular weight excluding hydrogens is 1690 g/mol. The summed E-state index contributed by atoms with van der Waals surface area (Å²) < 4.78 is 93.2. The number of hydrogen-bond donors (Lipinski definition) is 6. The van der Waals surface area contributed by atoms with Crippen molar-refractivity contribution in [3.63, 3.8) is 0 Å². The van der Waals surface area contributed by atoms with Gasteiger partial charge in [-0.3, -0.25) is 60.4 Å². The molecule has 6 N–H and O–H groups in total. The van der Waals surface area contributed by atoms with Crippen molar-refractivity contribution in [3.05, 3.63) is 213 Å². The molecule has 1 fully saturated rings. The van der Waals surface area contributed by atoms with Crippen LogP contribution in [0.25, 0.3) is 46.1 Å². The standard InChI is InChI=1S/C21H21ClN6O3S.2C18H17ClN6O3S.C17H15ClN6O3S/c1-32(30,31)14-8-9-15(16(22)13-14)19(29)26-20-24-18(17-7-3-4-10-23-17)25-21(27-20)28-11-5-2-6-12-28;1-25(2)18-22-15(14-6-4-5-9-20-14)21-17(24-18)23-16(26)12-8-7-11(10-13(12)19)29(3,27)28;1-3-20-17-22-15(14-6-4-5-9-21-14)23-18(25-17)24-16(26)12-8-7-11(10-13(12)19)29(2,27)28;1-19-16-21-14(13-5-3-4-8-20-13)22-17(24-16)23-15(25)11-7-6-10(9-12(11)18)28(2,26)27/h3-4,7-10,13H,2,5-6,11-12H2,1H3,(H,24,25,26,27,29);4-10H,1-3H3,(H,21,22,23,24,26);4-10H,3H2,1-2H3,(H2,20,22,23,24,25,26);3-9H,1-2H3,(H2,19,21,22,23,24,25). The molecule has 0 unspecified atom stereocenters. The second-order valence-corrected chi connectivity index (χ2v) is 34.9. The van der Waals surface area contributed by atoms with E-state index in [4.69, 9.17) is 46.4 Å². The van der Waals surface area contributed by atoms with Crippen LogP contribution >= 0.6 is 46.4 Å². The zero-order chi connectivity index (χ0) is 85.2. The number of aromatic nitrogens is 16. The summed E-state index contributed by atoms with van der Waals surface area (Å²) in [6.07, 6.45) is 13.9. The lowest BCUT2D eigenvalue weighted by molar-refractivity contribution is 0.101. The zero-order valence-corrected chi connectivity index (χ0v) is 69.8. The Morgan fingerprint density at radius 1 is 0.373 bits per heavy atom. The highest BCUT2D eigenvalue weighted by Gasteiger charge is 2.25. The third-order valence-electron chi connectivity index (χ3n) is 16.0. The highest BCUT2D eigenvalue weighted by molar-refractivity contribution is 7.91. The van der Waals surface area contributed by atoms with Gasteiger partial charge in [0.1, 0.15) is 22.8 Å². The summed E-state index contributed by atoms with van der Waals surface area (Å²) in [6, 6.07) is 36.8. The number of halogens is 4. The minimum absolute atomic E-state index is 0.00253. The van der Waals surface area contributed by atoms with Crippen LogP contribution in [0.5, 0.6) is 0 Å². The number of pyridine rings is 4. The Morgan fingerprint density at radius 3 is 0.966 bits per heavy atom. The Kier molecular flexibility index (Phi) is 29.1. The lowest BCUT2D eigenvalue weighted by atomic mass is 10.1. The monoisotopic (exact) mass is 1750 g/mol. The van der Waals surface area contributed by atoms with E-state index in [1.54, 1.807) is 118 Å². The molecule has 1 aliphatic rings. The van der Waals surface area contributed by atoms with Crippen LogP contribution in [0.3, 0.4) is 0 Å². The molecule has 1 saturated heterocycles. The van der Waals surface area contributed by atoms with Gasteiger partial charge in [0.2, 0.25) is 47.6 Å². The smallest absolute Gasteiger partial charge is 0.259 e. The number of benzene rings is 4. The van der Waals surface area contributed by atoms with Gasteiger partial charge in [0.25, 0.3) is 23.6 Å². The van der Waals surface area contributed by atoms with Gasteiger partial charge in [-0.1, -0.05) is 70.7 Å². The van der Waals surface area contributed by atoms with Crippen LogP contribution in [-0.4, -0.2) is 203 Å². The molecule has 0 spiro atoms. The van der Waals surface area contributed by atoms with E-state index in [9.17, 15) is 52.8 Å². The number of nitrogens with zero attached hydrogens (tertiary/aromatic N) is 18. The van der Waals surface area contributed by atoms with E-state index in [0.29, 0.717) is 47.0 Å². The van der Waals surface area contributed by atoms with Gasteiger partial charge in [0, 0.05) is 90.6 Å². The first-order chi connectivity index (χ1) is 56.0. The van der Waals surface area contributed by atoms with Gasteiger partial charge in [-0.15, -0.1) is 0 Å². The normalized spacial score (nSPS) is 12.0. The number of anilines is 8. The molecule has 0 saturated carbocycles. The zero-order valence-electron chi connectivity index (χ0n) is 63.5. The first kappa shape index (κ1) is 87.9. The predicted molar refractivity (Wildman–Crippen MR) is 446 cm³/mol. The molecule has 4 aromatic carbocycles. The summed E-state index contributed by atoms with van der Waals surface area (Å²) in [4.78, 5) is 123. The highest BCUT2D eigenvalue weighted by atomic mass is 35.5. The van der Waals surface area contributed by atoms with E-state index in [2.05, 4.69) is 117 Å². The van der Waals surface area contributed by atoms with E-state index in [0.717, 1.165) is 57.4 Å².